The Bertz CT molecular complexity index is 1190. The van der Waals surface area contributed by atoms with Crippen molar-refractivity contribution >= 4 is 11.7 Å². The lowest BCUT2D eigenvalue weighted by Crippen LogP contribution is -2.36. The van der Waals surface area contributed by atoms with Crippen LogP contribution >= 0.6 is 0 Å². The zero-order valence-corrected chi connectivity index (χ0v) is 19.5. The fraction of sp³-hybridized carbons (Fsp3) is 0.346. The van der Waals surface area contributed by atoms with E-state index in [0.29, 0.717) is 26.1 Å². The van der Waals surface area contributed by atoms with E-state index in [9.17, 15) is 9.59 Å². The zero-order valence-electron chi connectivity index (χ0n) is 19.5. The minimum atomic E-state index is -0.159. The molecule has 33 heavy (non-hydrogen) atoms. The highest BCUT2D eigenvalue weighted by atomic mass is 16.5. The SMILES string of the molecule is COc1ccc(CC(=O)N2CCCN(c3ccc(=O)n(-c4ccc(C)c(C)c4)n3)CC2)cc1. The number of ether oxygens (including phenoxy) is 1. The van der Waals surface area contributed by atoms with Gasteiger partial charge >= 0.3 is 0 Å². The fourth-order valence-electron chi connectivity index (χ4n) is 4.04. The lowest BCUT2D eigenvalue weighted by atomic mass is 10.1. The van der Waals surface area contributed by atoms with Gasteiger partial charge in [-0.05, 0) is 67.3 Å². The smallest absolute Gasteiger partial charge is 0.271 e. The van der Waals surface area contributed by atoms with Crippen LogP contribution in [0, 0.1) is 13.8 Å². The van der Waals surface area contributed by atoms with Crippen molar-refractivity contribution < 1.29 is 9.53 Å². The van der Waals surface area contributed by atoms with Crippen LogP contribution in [0.3, 0.4) is 0 Å². The normalized spacial score (nSPS) is 14.2. The highest BCUT2D eigenvalue weighted by Crippen LogP contribution is 2.17. The van der Waals surface area contributed by atoms with E-state index in [1.807, 2.05) is 61.2 Å². The van der Waals surface area contributed by atoms with Crippen LogP contribution in [-0.2, 0) is 11.2 Å². The number of aryl methyl sites for hydroxylation is 2. The van der Waals surface area contributed by atoms with Gasteiger partial charge in [-0.15, -0.1) is 5.10 Å². The van der Waals surface area contributed by atoms with Gasteiger partial charge in [0.1, 0.15) is 11.6 Å². The summed E-state index contributed by atoms with van der Waals surface area (Å²) in [5.74, 6) is 1.65. The molecule has 1 amide bonds. The molecule has 1 aromatic heterocycles. The van der Waals surface area contributed by atoms with E-state index in [1.165, 1.54) is 10.2 Å². The summed E-state index contributed by atoms with van der Waals surface area (Å²) in [5, 5.41) is 4.65. The van der Waals surface area contributed by atoms with Gasteiger partial charge in [-0.3, -0.25) is 9.59 Å². The third kappa shape index (κ3) is 5.25. The molecule has 4 rings (SSSR count). The summed E-state index contributed by atoms with van der Waals surface area (Å²) in [6.07, 6.45) is 1.22. The monoisotopic (exact) mass is 446 g/mol. The van der Waals surface area contributed by atoms with Crippen molar-refractivity contribution in [3.63, 3.8) is 0 Å². The van der Waals surface area contributed by atoms with Crippen LogP contribution < -0.4 is 15.2 Å². The molecule has 172 valence electrons. The number of nitrogens with zero attached hydrogens (tertiary/aromatic N) is 4. The first-order chi connectivity index (χ1) is 15.9. The molecule has 0 radical (unpaired) electrons. The standard InChI is InChI=1S/C26H30N4O3/c1-19-5-8-22(17-20(19)2)30-25(31)12-11-24(27-30)28-13-4-14-29(16-15-28)26(32)18-21-6-9-23(33-3)10-7-21/h5-12,17H,4,13-16,18H2,1-3H3. The summed E-state index contributed by atoms with van der Waals surface area (Å²) in [6, 6.07) is 16.9. The molecule has 0 saturated carbocycles. The Morgan fingerprint density at radius 3 is 2.45 bits per heavy atom. The molecule has 0 atom stereocenters. The van der Waals surface area contributed by atoms with Crippen molar-refractivity contribution in [2.24, 2.45) is 0 Å². The summed E-state index contributed by atoms with van der Waals surface area (Å²) in [4.78, 5) is 29.4. The van der Waals surface area contributed by atoms with Crippen LogP contribution in [0.4, 0.5) is 5.82 Å². The molecule has 7 nitrogen and oxygen atoms in total. The lowest BCUT2D eigenvalue weighted by Gasteiger charge is -2.23. The number of methoxy groups -OCH3 is 1. The molecule has 0 unspecified atom stereocenters. The van der Waals surface area contributed by atoms with Crippen LogP contribution in [-0.4, -0.2) is 53.9 Å². The Morgan fingerprint density at radius 2 is 1.73 bits per heavy atom. The zero-order chi connectivity index (χ0) is 23.4. The number of carbonyl (C=O) groups excluding carboxylic acids is 1. The quantitative estimate of drug-likeness (QED) is 0.602. The van der Waals surface area contributed by atoms with Crippen molar-refractivity contribution in [2.75, 3.05) is 38.2 Å². The van der Waals surface area contributed by atoms with Crippen molar-refractivity contribution in [3.05, 3.63) is 81.6 Å². The van der Waals surface area contributed by atoms with Crippen LogP contribution in [0.15, 0.2) is 59.4 Å². The van der Waals surface area contributed by atoms with E-state index < -0.39 is 0 Å². The summed E-state index contributed by atoms with van der Waals surface area (Å²) in [6.45, 7) is 6.86. The largest absolute Gasteiger partial charge is 0.497 e. The summed E-state index contributed by atoms with van der Waals surface area (Å²) in [5.41, 5.74) is 3.87. The van der Waals surface area contributed by atoms with Gasteiger partial charge in [-0.1, -0.05) is 18.2 Å². The first-order valence-electron chi connectivity index (χ1n) is 11.3. The average molecular weight is 447 g/mol. The number of rotatable bonds is 5. The fourth-order valence-corrected chi connectivity index (χ4v) is 4.04. The Kier molecular flexibility index (Phi) is 6.77. The van der Waals surface area contributed by atoms with Crippen LogP contribution in [0.1, 0.15) is 23.1 Å². The summed E-state index contributed by atoms with van der Waals surface area (Å²) >= 11 is 0. The Morgan fingerprint density at radius 1 is 0.939 bits per heavy atom. The van der Waals surface area contributed by atoms with Crippen LogP contribution in [0.25, 0.3) is 5.69 Å². The third-order valence-electron chi connectivity index (χ3n) is 6.21. The molecule has 0 spiro atoms. The van der Waals surface area contributed by atoms with Crippen molar-refractivity contribution in [2.45, 2.75) is 26.7 Å². The summed E-state index contributed by atoms with van der Waals surface area (Å²) < 4.78 is 6.65. The van der Waals surface area contributed by atoms with Crippen LogP contribution in [0.2, 0.25) is 0 Å². The Balaban J connectivity index is 1.45. The minimum absolute atomic E-state index is 0.120. The van der Waals surface area contributed by atoms with E-state index in [-0.39, 0.29) is 11.5 Å². The molecule has 7 heteroatoms. The van der Waals surface area contributed by atoms with E-state index in [0.717, 1.165) is 41.3 Å². The minimum Gasteiger partial charge on any atom is -0.497 e. The molecule has 0 aliphatic carbocycles. The second-order valence-electron chi connectivity index (χ2n) is 8.46. The Labute approximate surface area is 194 Å². The van der Waals surface area contributed by atoms with Gasteiger partial charge in [-0.2, -0.15) is 4.68 Å². The predicted molar refractivity (Wildman–Crippen MR) is 129 cm³/mol. The van der Waals surface area contributed by atoms with Gasteiger partial charge in [-0.25, -0.2) is 0 Å². The second-order valence-corrected chi connectivity index (χ2v) is 8.46. The molecular formula is C26H30N4O3. The average Bonchev–Trinajstić information content (AvgIpc) is 3.08. The molecule has 1 saturated heterocycles. The van der Waals surface area contributed by atoms with E-state index in [4.69, 9.17) is 4.74 Å². The predicted octanol–water partition coefficient (Wildman–Crippen LogP) is 3.14. The van der Waals surface area contributed by atoms with E-state index >= 15 is 0 Å². The van der Waals surface area contributed by atoms with Crippen LogP contribution in [0.5, 0.6) is 5.75 Å². The maximum Gasteiger partial charge on any atom is 0.271 e. The van der Waals surface area contributed by atoms with Gasteiger partial charge in [0.2, 0.25) is 5.91 Å². The molecule has 0 bridgehead atoms. The number of hydrogen-bond donors (Lipinski definition) is 0. The molecular weight excluding hydrogens is 416 g/mol. The van der Waals surface area contributed by atoms with Crippen molar-refractivity contribution in [3.8, 4) is 11.4 Å². The van der Waals surface area contributed by atoms with Crippen molar-refractivity contribution in [1.82, 2.24) is 14.7 Å². The number of hydrogen-bond acceptors (Lipinski definition) is 5. The highest BCUT2D eigenvalue weighted by molar-refractivity contribution is 5.79. The maximum absolute atomic E-state index is 12.9. The molecule has 3 aromatic rings. The highest BCUT2D eigenvalue weighted by Gasteiger charge is 2.21. The van der Waals surface area contributed by atoms with Gasteiger partial charge in [0.05, 0.1) is 19.2 Å². The van der Waals surface area contributed by atoms with Gasteiger partial charge in [0, 0.05) is 32.2 Å². The van der Waals surface area contributed by atoms with Gasteiger partial charge < -0.3 is 14.5 Å². The number of benzene rings is 2. The molecule has 2 aromatic carbocycles. The van der Waals surface area contributed by atoms with Gasteiger partial charge in [0.25, 0.3) is 5.56 Å². The molecule has 2 heterocycles. The number of anilines is 1. The van der Waals surface area contributed by atoms with E-state index in [2.05, 4.69) is 10.00 Å². The third-order valence-corrected chi connectivity index (χ3v) is 6.21. The number of aromatic nitrogens is 2. The molecule has 1 fully saturated rings. The molecule has 0 N–H and O–H groups in total. The van der Waals surface area contributed by atoms with Crippen molar-refractivity contribution in [1.29, 1.82) is 0 Å². The first-order valence-corrected chi connectivity index (χ1v) is 11.3. The summed E-state index contributed by atoms with van der Waals surface area (Å²) in [7, 11) is 1.63. The molecule has 1 aliphatic rings. The lowest BCUT2D eigenvalue weighted by molar-refractivity contribution is -0.130. The maximum atomic E-state index is 12.9. The number of carbonyl (C=O) groups is 1. The van der Waals surface area contributed by atoms with Gasteiger partial charge in [0.15, 0.2) is 0 Å². The topological polar surface area (TPSA) is 67.7 Å². The Hall–Kier alpha value is -3.61. The second kappa shape index (κ2) is 9.90. The van der Waals surface area contributed by atoms with E-state index in [1.54, 1.807) is 19.2 Å². The number of amides is 1. The first kappa shape index (κ1) is 22.6. The molecule has 1 aliphatic heterocycles.